The molecule has 7 nitrogen and oxygen atoms in total. The maximum Gasteiger partial charge on any atom is 0.224 e. The predicted octanol–water partition coefficient (Wildman–Crippen LogP) is 0.352. The smallest absolute Gasteiger partial charge is 0.224 e. The van der Waals surface area contributed by atoms with Gasteiger partial charge in [-0.1, -0.05) is 12.1 Å². The molecule has 2 rings (SSSR count). The number of aromatic nitrogens is 4. The molecule has 0 radical (unpaired) electrons. The zero-order chi connectivity index (χ0) is 14.2. The molecule has 0 saturated carbocycles. The molecule has 0 fully saturated rings. The van der Waals surface area contributed by atoms with Gasteiger partial charge in [-0.05, 0) is 48.1 Å². The van der Waals surface area contributed by atoms with Crippen LogP contribution in [0.15, 0.2) is 30.6 Å². The van der Waals surface area contributed by atoms with Gasteiger partial charge in [0.2, 0.25) is 5.91 Å². The zero-order valence-electron chi connectivity index (χ0n) is 11.8. The van der Waals surface area contributed by atoms with Crippen LogP contribution >= 0.6 is 12.4 Å². The highest BCUT2D eigenvalue weighted by atomic mass is 35.5. The lowest BCUT2D eigenvalue weighted by atomic mass is 10.1. The van der Waals surface area contributed by atoms with E-state index in [1.54, 1.807) is 4.68 Å². The van der Waals surface area contributed by atoms with Crippen LogP contribution in [0.4, 0.5) is 0 Å². The first-order valence-electron chi connectivity index (χ1n) is 6.53. The Morgan fingerprint density at radius 2 is 2.00 bits per heavy atom. The van der Waals surface area contributed by atoms with Crippen molar-refractivity contribution in [3.8, 4) is 5.69 Å². The second kappa shape index (κ2) is 9.04. The number of benzene rings is 1. The molecule has 0 aliphatic heterocycles. The van der Waals surface area contributed by atoms with Crippen LogP contribution < -0.4 is 10.6 Å². The lowest BCUT2D eigenvalue weighted by Gasteiger charge is -2.06. The summed E-state index contributed by atoms with van der Waals surface area (Å²) < 4.78 is 1.57. The van der Waals surface area contributed by atoms with Crippen LogP contribution in [0.1, 0.15) is 12.0 Å². The van der Waals surface area contributed by atoms with Crippen LogP contribution in [0, 0.1) is 0 Å². The van der Waals surface area contributed by atoms with Crippen molar-refractivity contribution in [3.05, 3.63) is 36.2 Å². The Kier molecular flexibility index (Phi) is 7.34. The molecule has 21 heavy (non-hydrogen) atoms. The predicted molar refractivity (Wildman–Crippen MR) is 81.7 cm³/mol. The molecule has 0 unspecified atom stereocenters. The molecule has 0 spiro atoms. The molecule has 1 aromatic heterocycles. The number of nitrogens with zero attached hydrogens (tertiary/aromatic N) is 4. The Balaban J connectivity index is 0.00000220. The van der Waals surface area contributed by atoms with Crippen molar-refractivity contribution in [3.63, 3.8) is 0 Å². The molecule has 0 saturated heterocycles. The monoisotopic (exact) mass is 310 g/mol. The molecule has 114 valence electrons. The summed E-state index contributed by atoms with van der Waals surface area (Å²) in [6, 6.07) is 7.59. The van der Waals surface area contributed by atoms with Crippen molar-refractivity contribution in [1.29, 1.82) is 0 Å². The molecule has 1 amide bonds. The van der Waals surface area contributed by atoms with Gasteiger partial charge in [-0.2, -0.15) is 0 Å². The van der Waals surface area contributed by atoms with E-state index in [4.69, 9.17) is 0 Å². The summed E-state index contributed by atoms with van der Waals surface area (Å²) in [4.78, 5) is 11.7. The zero-order valence-corrected chi connectivity index (χ0v) is 12.6. The minimum atomic E-state index is 0. The molecule has 8 heteroatoms. The van der Waals surface area contributed by atoms with Gasteiger partial charge < -0.3 is 10.6 Å². The Labute approximate surface area is 129 Å². The summed E-state index contributed by atoms with van der Waals surface area (Å²) in [5, 5.41) is 16.9. The van der Waals surface area contributed by atoms with E-state index in [1.807, 2.05) is 31.3 Å². The van der Waals surface area contributed by atoms with Crippen molar-refractivity contribution in [1.82, 2.24) is 30.8 Å². The number of rotatable bonds is 7. The van der Waals surface area contributed by atoms with Gasteiger partial charge in [0.1, 0.15) is 6.33 Å². The minimum absolute atomic E-state index is 0. The van der Waals surface area contributed by atoms with Crippen molar-refractivity contribution in [2.45, 2.75) is 12.8 Å². The summed E-state index contributed by atoms with van der Waals surface area (Å²) in [7, 11) is 1.90. The van der Waals surface area contributed by atoms with E-state index in [-0.39, 0.29) is 18.3 Å². The number of carbonyl (C=O) groups is 1. The van der Waals surface area contributed by atoms with Crippen LogP contribution in [0.25, 0.3) is 5.69 Å². The molecule has 0 aliphatic carbocycles. The third kappa shape index (κ3) is 5.49. The minimum Gasteiger partial charge on any atom is -0.356 e. The third-order valence-corrected chi connectivity index (χ3v) is 2.84. The van der Waals surface area contributed by atoms with E-state index in [0.29, 0.717) is 13.0 Å². The molecule has 1 heterocycles. The number of amides is 1. The van der Waals surface area contributed by atoms with Crippen molar-refractivity contribution in [2.24, 2.45) is 0 Å². The SMILES string of the molecule is CNCCCNC(=O)Cc1ccc(-n2cnnn2)cc1.Cl. The Morgan fingerprint density at radius 1 is 1.24 bits per heavy atom. The fourth-order valence-electron chi connectivity index (χ4n) is 1.79. The van der Waals surface area contributed by atoms with E-state index < -0.39 is 0 Å². The van der Waals surface area contributed by atoms with E-state index in [2.05, 4.69) is 26.2 Å². The van der Waals surface area contributed by atoms with Crippen LogP contribution in [-0.4, -0.2) is 46.3 Å². The van der Waals surface area contributed by atoms with Gasteiger partial charge in [-0.3, -0.25) is 4.79 Å². The van der Waals surface area contributed by atoms with Crippen molar-refractivity contribution >= 4 is 18.3 Å². The van der Waals surface area contributed by atoms with Crippen LogP contribution in [0.5, 0.6) is 0 Å². The first-order chi connectivity index (χ1) is 9.79. The standard InChI is InChI=1S/C13H18N6O.ClH/c1-14-7-2-8-15-13(20)9-11-3-5-12(6-4-11)19-10-16-17-18-19;/h3-6,10,14H,2,7-9H2,1H3,(H,15,20);1H. The highest BCUT2D eigenvalue weighted by molar-refractivity contribution is 5.85. The second-order valence-corrected chi connectivity index (χ2v) is 4.40. The summed E-state index contributed by atoms with van der Waals surface area (Å²) in [6.07, 6.45) is 2.85. The first-order valence-corrected chi connectivity index (χ1v) is 6.53. The lowest BCUT2D eigenvalue weighted by Crippen LogP contribution is -2.27. The quantitative estimate of drug-likeness (QED) is 0.721. The molecular weight excluding hydrogens is 292 g/mol. The van der Waals surface area contributed by atoms with Gasteiger partial charge in [0, 0.05) is 6.54 Å². The van der Waals surface area contributed by atoms with Gasteiger partial charge in [0.05, 0.1) is 12.1 Å². The molecule has 2 aromatic rings. The van der Waals surface area contributed by atoms with Gasteiger partial charge >= 0.3 is 0 Å². The number of hydrogen-bond donors (Lipinski definition) is 2. The number of carbonyl (C=O) groups excluding carboxylic acids is 1. The Morgan fingerprint density at radius 3 is 2.62 bits per heavy atom. The van der Waals surface area contributed by atoms with Gasteiger partial charge in [-0.15, -0.1) is 17.5 Å². The first kappa shape index (κ1) is 17.1. The average molecular weight is 311 g/mol. The summed E-state index contributed by atoms with van der Waals surface area (Å²) in [6.45, 7) is 1.60. The van der Waals surface area contributed by atoms with Gasteiger partial charge in [-0.25, -0.2) is 4.68 Å². The van der Waals surface area contributed by atoms with Crippen LogP contribution in [0.2, 0.25) is 0 Å². The van der Waals surface area contributed by atoms with E-state index in [0.717, 1.165) is 24.2 Å². The van der Waals surface area contributed by atoms with Crippen molar-refractivity contribution < 1.29 is 4.79 Å². The number of halogens is 1. The Bertz CT molecular complexity index is 528. The maximum absolute atomic E-state index is 11.7. The number of tetrazole rings is 1. The van der Waals surface area contributed by atoms with Crippen LogP contribution in [-0.2, 0) is 11.2 Å². The third-order valence-electron chi connectivity index (χ3n) is 2.84. The summed E-state index contributed by atoms with van der Waals surface area (Å²) >= 11 is 0. The number of nitrogens with one attached hydrogen (secondary N) is 2. The average Bonchev–Trinajstić information content (AvgIpc) is 2.99. The maximum atomic E-state index is 11.7. The summed E-state index contributed by atoms with van der Waals surface area (Å²) in [5.74, 6) is 0.0382. The Hall–Kier alpha value is -1.99. The summed E-state index contributed by atoms with van der Waals surface area (Å²) in [5.41, 5.74) is 1.83. The van der Waals surface area contributed by atoms with E-state index in [9.17, 15) is 4.79 Å². The molecular formula is C13H19ClN6O. The number of hydrogen-bond acceptors (Lipinski definition) is 5. The fourth-order valence-corrected chi connectivity index (χ4v) is 1.79. The topological polar surface area (TPSA) is 84.7 Å². The van der Waals surface area contributed by atoms with Gasteiger partial charge in [0.15, 0.2) is 0 Å². The second-order valence-electron chi connectivity index (χ2n) is 4.40. The van der Waals surface area contributed by atoms with Gasteiger partial charge in [0.25, 0.3) is 0 Å². The fraction of sp³-hybridized carbons (Fsp3) is 0.385. The molecule has 0 atom stereocenters. The van der Waals surface area contributed by atoms with E-state index >= 15 is 0 Å². The highest BCUT2D eigenvalue weighted by Gasteiger charge is 2.03. The molecule has 2 N–H and O–H groups in total. The molecule has 0 aliphatic rings. The lowest BCUT2D eigenvalue weighted by molar-refractivity contribution is -0.120. The molecule has 0 bridgehead atoms. The van der Waals surface area contributed by atoms with Crippen molar-refractivity contribution in [2.75, 3.05) is 20.1 Å². The van der Waals surface area contributed by atoms with Crippen LogP contribution in [0.3, 0.4) is 0 Å². The molecule has 1 aromatic carbocycles. The normalized spacial score (nSPS) is 9.95. The van der Waals surface area contributed by atoms with E-state index in [1.165, 1.54) is 6.33 Å². The highest BCUT2D eigenvalue weighted by Crippen LogP contribution is 2.08. The largest absolute Gasteiger partial charge is 0.356 e.